The quantitative estimate of drug-likeness (QED) is 0.454. The lowest BCUT2D eigenvalue weighted by molar-refractivity contribution is -0.278. The molecule has 9 nitrogen and oxygen atoms in total. The number of hydrogen-bond donors (Lipinski definition) is 5. The molecule has 1 aliphatic heterocycles. The molecule has 0 spiro atoms. The molecule has 0 aliphatic carbocycles. The van der Waals surface area contributed by atoms with Crippen molar-refractivity contribution in [3.05, 3.63) is 18.2 Å². The zero-order chi connectivity index (χ0) is 15.0. The first-order valence-electron chi connectivity index (χ1n) is 6.41. The van der Waals surface area contributed by atoms with Gasteiger partial charge < -0.3 is 30.5 Å². The van der Waals surface area contributed by atoms with Gasteiger partial charge >= 0.3 is 0 Å². The maximum atomic E-state index is 9.84. The van der Waals surface area contributed by atoms with E-state index in [1.807, 2.05) is 0 Å². The number of rotatable bonds is 3. The van der Waals surface area contributed by atoms with Crippen LogP contribution in [0.25, 0.3) is 11.0 Å². The highest BCUT2D eigenvalue weighted by Gasteiger charge is 2.42. The Bertz CT molecular complexity index is 620. The van der Waals surface area contributed by atoms with Gasteiger partial charge in [0, 0.05) is 6.54 Å². The summed E-state index contributed by atoms with van der Waals surface area (Å²) in [5.74, 6) is 0. The van der Waals surface area contributed by atoms with E-state index in [2.05, 4.69) is 20.3 Å². The number of aliphatic hydroxyl groups excluding tert-OH is 4. The van der Waals surface area contributed by atoms with Crippen LogP contribution in [0.15, 0.2) is 22.8 Å². The normalized spacial score (nSPS) is 33.2. The van der Waals surface area contributed by atoms with Crippen LogP contribution in [0.4, 0.5) is 5.69 Å². The second-order valence-electron chi connectivity index (χ2n) is 4.86. The standard InChI is InChI=1S/C12H15N3O6/c16-9-7(20-12(19)11(18)10(9)17)4-13-5-2-1-3-6-8(5)15-21-14-6/h1-3,7,9-13,16-19H,4H2/t7-,9-,10+,11-,12?/m1/s1. The fourth-order valence-corrected chi connectivity index (χ4v) is 2.26. The molecular formula is C12H15N3O6. The summed E-state index contributed by atoms with van der Waals surface area (Å²) in [7, 11) is 0. The number of hydrogen-bond acceptors (Lipinski definition) is 9. The van der Waals surface area contributed by atoms with E-state index in [1.165, 1.54) is 0 Å². The smallest absolute Gasteiger partial charge is 0.184 e. The molecule has 2 heterocycles. The van der Waals surface area contributed by atoms with Crippen LogP contribution in [0.5, 0.6) is 0 Å². The van der Waals surface area contributed by atoms with Gasteiger partial charge in [0.1, 0.15) is 29.9 Å². The van der Waals surface area contributed by atoms with E-state index in [0.717, 1.165) is 0 Å². The van der Waals surface area contributed by atoms with Gasteiger partial charge in [-0.15, -0.1) is 0 Å². The summed E-state index contributed by atoms with van der Waals surface area (Å²) in [5, 5.41) is 48.8. The zero-order valence-corrected chi connectivity index (χ0v) is 10.8. The van der Waals surface area contributed by atoms with E-state index < -0.39 is 30.7 Å². The Balaban J connectivity index is 1.71. The molecule has 5 atom stereocenters. The van der Waals surface area contributed by atoms with Gasteiger partial charge in [0.15, 0.2) is 11.8 Å². The highest BCUT2D eigenvalue weighted by atomic mass is 16.6. The third-order valence-corrected chi connectivity index (χ3v) is 3.47. The van der Waals surface area contributed by atoms with E-state index >= 15 is 0 Å². The van der Waals surface area contributed by atoms with E-state index in [9.17, 15) is 20.4 Å². The maximum absolute atomic E-state index is 9.84. The molecule has 1 aromatic heterocycles. The molecule has 0 radical (unpaired) electrons. The molecule has 1 aromatic carbocycles. The van der Waals surface area contributed by atoms with Crippen molar-refractivity contribution < 1.29 is 29.8 Å². The van der Waals surface area contributed by atoms with Gasteiger partial charge in [0.05, 0.1) is 5.69 Å². The first-order valence-corrected chi connectivity index (χ1v) is 6.41. The lowest BCUT2D eigenvalue weighted by Crippen LogP contribution is -2.59. The number of aliphatic hydroxyl groups is 4. The number of fused-ring (bicyclic) bond motifs is 1. The Kier molecular flexibility index (Phi) is 3.74. The molecular weight excluding hydrogens is 282 g/mol. The van der Waals surface area contributed by atoms with Crippen molar-refractivity contribution in [2.45, 2.75) is 30.7 Å². The first kappa shape index (κ1) is 14.2. The minimum Gasteiger partial charge on any atom is -0.388 e. The van der Waals surface area contributed by atoms with Crippen LogP contribution < -0.4 is 5.32 Å². The third kappa shape index (κ3) is 2.57. The summed E-state index contributed by atoms with van der Waals surface area (Å²) in [4.78, 5) is 0. The fraction of sp³-hybridized carbons (Fsp3) is 0.500. The van der Waals surface area contributed by atoms with Gasteiger partial charge in [-0.1, -0.05) is 6.07 Å². The summed E-state index contributed by atoms with van der Waals surface area (Å²) < 4.78 is 9.70. The summed E-state index contributed by atoms with van der Waals surface area (Å²) >= 11 is 0. The fourth-order valence-electron chi connectivity index (χ4n) is 2.26. The number of ether oxygens (including phenoxy) is 1. The topological polar surface area (TPSA) is 141 Å². The minimum absolute atomic E-state index is 0.0913. The second-order valence-corrected chi connectivity index (χ2v) is 4.86. The van der Waals surface area contributed by atoms with Crippen LogP contribution in [0.2, 0.25) is 0 Å². The molecule has 1 aliphatic rings. The molecule has 2 aromatic rings. The van der Waals surface area contributed by atoms with Crippen molar-refractivity contribution in [1.82, 2.24) is 10.3 Å². The number of anilines is 1. The van der Waals surface area contributed by atoms with Crippen LogP contribution in [0.3, 0.4) is 0 Å². The molecule has 0 amide bonds. The van der Waals surface area contributed by atoms with Crippen LogP contribution in [-0.2, 0) is 4.74 Å². The Morgan fingerprint density at radius 3 is 2.67 bits per heavy atom. The summed E-state index contributed by atoms with van der Waals surface area (Å²) in [5.41, 5.74) is 1.70. The molecule has 3 rings (SSSR count). The largest absolute Gasteiger partial charge is 0.388 e. The first-order chi connectivity index (χ1) is 10.1. The number of nitrogens with zero attached hydrogens (tertiary/aromatic N) is 2. The van der Waals surface area contributed by atoms with Crippen LogP contribution in [0.1, 0.15) is 0 Å². The monoisotopic (exact) mass is 297 g/mol. The Morgan fingerprint density at radius 2 is 1.86 bits per heavy atom. The predicted molar refractivity (Wildman–Crippen MR) is 69.2 cm³/mol. The molecule has 1 saturated heterocycles. The van der Waals surface area contributed by atoms with Crippen molar-refractivity contribution in [3.63, 3.8) is 0 Å². The lowest BCUT2D eigenvalue weighted by atomic mass is 9.99. The lowest BCUT2D eigenvalue weighted by Gasteiger charge is -2.38. The second kappa shape index (κ2) is 5.54. The zero-order valence-electron chi connectivity index (χ0n) is 10.8. The van der Waals surface area contributed by atoms with Gasteiger partial charge in [0.25, 0.3) is 0 Å². The van der Waals surface area contributed by atoms with Crippen molar-refractivity contribution in [2.75, 3.05) is 11.9 Å². The van der Waals surface area contributed by atoms with Gasteiger partial charge in [-0.2, -0.15) is 0 Å². The predicted octanol–water partition coefficient (Wildman–Crippen LogP) is -1.57. The van der Waals surface area contributed by atoms with Crippen LogP contribution >= 0.6 is 0 Å². The van der Waals surface area contributed by atoms with E-state index in [4.69, 9.17) is 4.74 Å². The SMILES string of the molecule is OC1O[C@H](CNc2cccc3nonc23)[C@@H](O)[C@H](O)[C@H]1O. The van der Waals surface area contributed by atoms with Gasteiger partial charge in [-0.3, -0.25) is 0 Å². The molecule has 21 heavy (non-hydrogen) atoms. The van der Waals surface area contributed by atoms with E-state index in [-0.39, 0.29) is 6.54 Å². The third-order valence-electron chi connectivity index (χ3n) is 3.47. The Labute approximate surface area is 118 Å². The van der Waals surface area contributed by atoms with Gasteiger partial charge in [0.2, 0.25) is 0 Å². The average Bonchev–Trinajstić information content (AvgIpc) is 2.96. The van der Waals surface area contributed by atoms with Crippen molar-refractivity contribution >= 4 is 16.7 Å². The molecule has 5 N–H and O–H groups in total. The van der Waals surface area contributed by atoms with Gasteiger partial charge in [-0.25, -0.2) is 4.63 Å². The van der Waals surface area contributed by atoms with Crippen LogP contribution in [-0.4, -0.2) is 68.0 Å². The summed E-state index contributed by atoms with van der Waals surface area (Å²) in [6.07, 6.45) is -6.80. The van der Waals surface area contributed by atoms with Crippen molar-refractivity contribution in [1.29, 1.82) is 0 Å². The highest BCUT2D eigenvalue weighted by molar-refractivity contribution is 5.86. The minimum atomic E-state index is -1.56. The van der Waals surface area contributed by atoms with E-state index in [1.54, 1.807) is 18.2 Å². The summed E-state index contributed by atoms with van der Waals surface area (Å²) in [6, 6.07) is 5.22. The van der Waals surface area contributed by atoms with Gasteiger partial charge in [-0.05, 0) is 22.4 Å². The summed E-state index contributed by atoms with van der Waals surface area (Å²) in [6.45, 7) is 0.0913. The number of benzene rings is 1. The molecule has 0 bridgehead atoms. The van der Waals surface area contributed by atoms with Crippen molar-refractivity contribution in [3.8, 4) is 0 Å². The molecule has 0 saturated carbocycles. The molecule has 9 heteroatoms. The average molecular weight is 297 g/mol. The molecule has 114 valence electrons. The maximum Gasteiger partial charge on any atom is 0.184 e. The number of aromatic nitrogens is 2. The molecule has 1 fully saturated rings. The Morgan fingerprint density at radius 1 is 1.05 bits per heavy atom. The number of nitrogens with one attached hydrogen (secondary N) is 1. The highest BCUT2D eigenvalue weighted by Crippen LogP contribution is 2.23. The molecule has 1 unspecified atom stereocenters. The van der Waals surface area contributed by atoms with Crippen LogP contribution in [0, 0.1) is 0 Å². The van der Waals surface area contributed by atoms with E-state index in [0.29, 0.717) is 16.7 Å². The Hall–Kier alpha value is -1.78. The van der Waals surface area contributed by atoms with Crippen molar-refractivity contribution in [2.24, 2.45) is 0 Å².